The lowest BCUT2D eigenvalue weighted by Crippen LogP contribution is -2.35. The lowest BCUT2D eigenvalue weighted by molar-refractivity contribution is -0.162. The molecule has 2 aromatic rings. The molecule has 1 fully saturated rings. The molecular weight excluding hydrogens is 346 g/mol. The van der Waals surface area contributed by atoms with Crippen LogP contribution in [0.3, 0.4) is 0 Å². The summed E-state index contributed by atoms with van der Waals surface area (Å²) in [5.41, 5.74) is 0.653. The fourth-order valence-corrected chi connectivity index (χ4v) is 3.03. The SMILES string of the molecule is COc1ccccc1OCC(=O)OC(C(=O)N1CCCC1)c1ccccc1. The third kappa shape index (κ3) is 4.78. The first-order valence-electron chi connectivity index (χ1n) is 8.98. The van der Waals surface area contributed by atoms with E-state index in [1.54, 1.807) is 35.2 Å². The Balaban J connectivity index is 1.68. The molecule has 0 N–H and O–H groups in total. The smallest absolute Gasteiger partial charge is 0.345 e. The maximum atomic E-state index is 12.8. The van der Waals surface area contributed by atoms with Gasteiger partial charge in [0.1, 0.15) is 0 Å². The van der Waals surface area contributed by atoms with Crippen molar-refractivity contribution in [1.29, 1.82) is 0 Å². The molecule has 1 aliphatic rings. The number of hydrogen-bond acceptors (Lipinski definition) is 5. The Morgan fingerprint density at radius 1 is 0.963 bits per heavy atom. The summed E-state index contributed by atoms with van der Waals surface area (Å²) >= 11 is 0. The number of ether oxygens (including phenoxy) is 3. The Labute approximate surface area is 158 Å². The van der Waals surface area contributed by atoms with E-state index in [0.717, 1.165) is 12.8 Å². The first-order chi connectivity index (χ1) is 13.2. The van der Waals surface area contributed by atoms with E-state index in [-0.39, 0.29) is 12.5 Å². The van der Waals surface area contributed by atoms with Gasteiger partial charge in [-0.3, -0.25) is 4.79 Å². The predicted molar refractivity (Wildman–Crippen MR) is 99.6 cm³/mol. The highest BCUT2D eigenvalue weighted by atomic mass is 16.6. The normalized spacial score (nSPS) is 14.5. The van der Waals surface area contributed by atoms with Gasteiger partial charge in [-0.25, -0.2) is 4.79 Å². The number of nitrogens with zero attached hydrogens (tertiary/aromatic N) is 1. The third-order valence-corrected chi connectivity index (χ3v) is 4.41. The Bertz CT molecular complexity index is 771. The fourth-order valence-electron chi connectivity index (χ4n) is 3.03. The Morgan fingerprint density at radius 2 is 1.59 bits per heavy atom. The molecule has 6 heteroatoms. The van der Waals surface area contributed by atoms with Gasteiger partial charge < -0.3 is 19.1 Å². The number of likely N-dealkylation sites (tertiary alicyclic amines) is 1. The molecule has 1 atom stereocenters. The van der Waals surface area contributed by atoms with Gasteiger partial charge in [0.15, 0.2) is 18.1 Å². The molecule has 0 bridgehead atoms. The average molecular weight is 369 g/mol. The molecule has 1 aliphatic heterocycles. The molecule has 3 rings (SSSR count). The summed E-state index contributed by atoms with van der Waals surface area (Å²) in [6, 6.07) is 16.1. The van der Waals surface area contributed by atoms with E-state index >= 15 is 0 Å². The van der Waals surface area contributed by atoms with Crippen molar-refractivity contribution in [2.45, 2.75) is 18.9 Å². The van der Waals surface area contributed by atoms with Crippen LogP contribution >= 0.6 is 0 Å². The van der Waals surface area contributed by atoms with Crippen LogP contribution in [0.15, 0.2) is 54.6 Å². The van der Waals surface area contributed by atoms with Gasteiger partial charge in [-0.2, -0.15) is 0 Å². The highest BCUT2D eigenvalue weighted by Crippen LogP contribution is 2.26. The predicted octanol–water partition coefficient (Wildman–Crippen LogP) is 2.98. The minimum Gasteiger partial charge on any atom is -0.493 e. The van der Waals surface area contributed by atoms with Gasteiger partial charge in [0.2, 0.25) is 6.10 Å². The van der Waals surface area contributed by atoms with Crippen LogP contribution in [0, 0.1) is 0 Å². The number of benzene rings is 2. The van der Waals surface area contributed by atoms with Gasteiger partial charge >= 0.3 is 5.97 Å². The topological polar surface area (TPSA) is 65.1 Å². The van der Waals surface area contributed by atoms with E-state index < -0.39 is 12.1 Å². The lowest BCUT2D eigenvalue weighted by Gasteiger charge is -2.23. The van der Waals surface area contributed by atoms with Crippen molar-refractivity contribution in [3.8, 4) is 11.5 Å². The molecule has 1 amide bonds. The zero-order valence-corrected chi connectivity index (χ0v) is 15.3. The molecule has 0 aromatic heterocycles. The van der Waals surface area contributed by atoms with Crippen molar-refractivity contribution in [2.24, 2.45) is 0 Å². The first kappa shape index (κ1) is 18.8. The van der Waals surface area contributed by atoms with Crippen LogP contribution < -0.4 is 9.47 Å². The molecule has 1 heterocycles. The number of para-hydroxylation sites is 2. The molecule has 0 saturated carbocycles. The highest BCUT2D eigenvalue weighted by Gasteiger charge is 2.31. The fraction of sp³-hybridized carbons (Fsp3) is 0.333. The van der Waals surface area contributed by atoms with Gasteiger partial charge in [0.05, 0.1) is 7.11 Å². The number of methoxy groups -OCH3 is 1. The summed E-state index contributed by atoms with van der Waals surface area (Å²) in [5.74, 6) is 0.170. The molecule has 2 aromatic carbocycles. The van der Waals surface area contributed by atoms with Crippen molar-refractivity contribution < 1.29 is 23.8 Å². The standard InChI is InChI=1S/C21H23NO5/c1-25-17-11-5-6-12-18(17)26-15-19(23)27-20(16-9-3-2-4-10-16)21(24)22-13-7-8-14-22/h2-6,9-12,20H,7-8,13-15H2,1H3. The number of rotatable bonds is 7. The molecular formula is C21H23NO5. The largest absolute Gasteiger partial charge is 0.493 e. The molecule has 1 unspecified atom stereocenters. The zero-order valence-electron chi connectivity index (χ0n) is 15.3. The Morgan fingerprint density at radius 3 is 2.26 bits per heavy atom. The zero-order chi connectivity index (χ0) is 19.1. The van der Waals surface area contributed by atoms with E-state index in [1.807, 2.05) is 24.3 Å². The van der Waals surface area contributed by atoms with E-state index in [0.29, 0.717) is 30.2 Å². The van der Waals surface area contributed by atoms with Gasteiger partial charge in [-0.1, -0.05) is 42.5 Å². The average Bonchev–Trinajstić information content (AvgIpc) is 3.25. The van der Waals surface area contributed by atoms with E-state index in [9.17, 15) is 9.59 Å². The van der Waals surface area contributed by atoms with Crippen LogP contribution in [0.1, 0.15) is 24.5 Å². The van der Waals surface area contributed by atoms with Gasteiger partial charge in [-0.15, -0.1) is 0 Å². The maximum Gasteiger partial charge on any atom is 0.345 e. The van der Waals surface area contributed by atoms with Crippen LogP contribution in [0.2, 0.25) is 0 Å². The number of esters is 1. The maximum absolute atomic E-state index is 12.8. The molecule has 0 radical (unpaired) electrons. The number of carbonyl (C=O) groups excluding carboxylic acids is 2. The van der Waals surface area contributed by atoms with Crippen LogP contribution in [0.4, 0.5) is 0 Å². The quantitative estimate of drug-likeness (QED) is 0.702. The van der Waals surface area contributed by atoms with Crippen molar-refractivity contribution >= 4 is 11.9 Å². The number of carbonyl (C=O) groups is 2. The van der Waals surface area contributed by atoms with E-state index in [1.165, 1.54) is 7.11 Å². The molecule has 0 spiro atoms. The summed E-state index contributed by atoms with van der Waals surface area (Å²) < 4.78 is 16.2. The van der Waals surface area contributed by atoms with Crippen LogP contribution in [-0.2, 0) is 14.3 Å². The molecule has 27 heavy (non-hydrogen) atoms. The van der Waals surface area contributed by atoms with Crippen molar-refractivity contribution in [2.75, 3.05) is 26.8 Å². The molecule has 1 saturated heterocycles. The van der Waals surface area contributed by atoms with Crippen molar-refractivity contribution in [3.63, 3.8) is 0 Å². The summed E-state index contributed by atoms with van der Waals surface area (Å²) in [7, 11) is 1.53. The Hall–Kier alpha value is -3.02. The van der Waals surface area contributed by atoms with Crippen molar-refractivity contribution in [1.82, 2.24) is 4.90 Å². The van der Waals surface area contributed by atoms with E-state index in [2.05, 4.69) is 0 Å². The monoisotopic (exact) mass is 369 g/mol. The lowest BCUT2D eigenvalue weighted by atomic mass is 10.1. The second-order valence-corrected chi connectivity index (χ2v) is 6.25. The summed E-state index contributed by atoms with van der Waals surface area (Å²) in [5, 5.41) is 0. The van der Waals surface area contributed by atoms with Gasteiger partial charge in [0, 0.05) is 18.7 Å². The second kappa shape index (κ2) is 9.07. The van der Waals surface area contributed by atoms with Crippen molar-refractivity contribution in [3.05, 3.63) is 60.2 Å². The minimum atomic E-state index is -0.960. The summed E-state index contributed by atoms with van der Waals surface area (Å²) in [6.07, 6.45) is 0.981. The van der Waals surface area contributed by atoms with Crippen LogP contribution in [-0.4, -0.2) is 43.6 Å². The number of hydrogen-bond donors (Lipinski definition) is 0. The van der Waals surface area contributed by atoms with Gasteiger partial charge in [-0.05, 0) is 25.0 Å². The highest BCUT2D eigenvalue weighted by molar-refractivity contribution is 5.85. The third-order valence-electron chi connectivity index (χ3n) is 4.41. The van der Waals surface area contributed by atoms with Gasteiger partial charge in [0.25, 0.3) is 5.91 Å². The minimum absolute atomic E-state index is 0.190. The molecule has 0 aliphatic carbocycles. The number of amides is 1. The van der Waals surface area contributed by atoms with E-state index in [4.69, 9.17) is 14.2 Å². The molecule has 142 valence electrons. The second-order valence-electron chi connectivity index (χ2n) is 6.25. The Kier molecular flexibility index (Phi) is 6.30. The summed E-state index contributed by atoms with van der Waals surface area (Å²) in [6.45, 7) is 1.08. The van der Waals surface area contributed by atoms with Crippen LogP contribution in [0.25, 0.3) is 0 Å². The summed E-state index contributed by atoms with van der Waals surface area (Å²) in [4.78, 5) is 26.9. The molecule has 6 nitrogen and oxygen atoms in total. The first-order valence-corrected chi connectivity index (χ1v) is 8.98. The van der Waals surface area contributed by atoms with Crippen LogP contribution in [0.5, 0.6) is 11.5 Å².